The molecule has 0 aromatic rings. The van der Waals surface area contributed by atoms with Gasteiger partial charge >= 0.3 is 7.12 Å². The summed E-state index contributed by atoms with van der Waals surface area (Å²) in [5.74, 6) is -0.0972. The first-order valence-corrected chi connectivity index (χ1v) is 2.74. The summed E-state index contributed by atoms with van der Waals surface area (Å²) in [5, 5.41) is 16.9. The molecule has 0 aliphatic carbocycles. The van der Waals surface area contributed by atoms with Crippen LogP contribution in [0.3, 0.4) is 0 Å². The van der Waals surface area contributed by atoms with Crippen LogP contribution in [-0.4, -0.2) is 23.7 Å². The summed E-state index contributed by atoms with van der Waals surface area (Å²) in [5.41, 5.74) is 5.14. The first-order chi connectivity index (χ1) is 3.68. The summed E-state index contributed by atoms with van der Waals surface area (Å²) in [6.45, 7) is 2.26. The largest absolute Gasteiger partial charge is 0.454 e. The average molecular weight is 117 g/mol. The molecular weight excluding hydrogens is 105 g/mol. The lowest BCUT2D eigenvalue weighted by molar-refractivity contribution is 0.384. The Morgan fingerprint density at radius 2 is 2.12 bits per heavy atom. The van der Waals surface area contributed by atoms with E-state index in [4.69, 9.17) is 15.8 Å². The molecule has 1 atom stereocenters. The van der Waals surface area contributed by atoms with Crippen LogP contribution < -0.4 is 5.73 Å². The standard InChI is InChI=1S/C4H12BNO2/c1-4(2-3-6)5(7)8/h4,7-8H,2-3,6H2,1H3. The van der Waals surface area contributed by atoms with Crippen LogP contribution in [-0.2, 0) is 0 Å². The van der Waals surface area contributed by atoms with Gasteiger partial charge in [-0.15, -0.1) is 0 Å². The van der Waals surface area contributed by atoms with Crippen molar-refractivity contribution in [2.45, 2.75) is 19.2 Å². The fraction of sp³-hybridized carbons (Fsp3) is 1.00. The molecular formula is C4H12BNO2. The first-order valence-electron chi connectivity index (χ1n) is 2.74. The minimum absolute atomic E-state index is 0.0972. The van der Waals surface area contributed by atoms with Crippen LogP contribution in [0, 0.1) is 0 Å². The van der Waals surface area contributed by atoms with Crippen molar-refractivity contribution in [3.63, 3.8) is 0 Å². The van der Waals surface area contributed by atoms with Gasteiger partial charge < -0.3 is 15.8 Å². The van der Waals surface area contributed by atoms with Gasteiger partial charge in [-0.2, -0.15) is 0 Å². The molecule has 0 bridgehead atoms. The highest BCUT2D eigenvalue weighted by Crippen LogP contribution is 2.07. The molecule has 48 valence electrons. The zero-order valence-electron chi connectivity index (χ0n) is 5.04. The predicted molar refractivity (Wildman–Crippen MR) is 33.3 cm³/mol. The van der Waals surface area contributed by atoms with Crippen LogP contribution in [0.2, 0.25) is 5.82 Å². The topological polar surface area (TPSA) is 66.5 Å². The molecule has 0 rings (SSSR count). The molecule has 0 aromatic carbocycles. The fourth-order valence-electron chi connectivity index (χ4n) is 0.412. The Bertz CT molecular complexity index is 60.0. The van der Waals surface area contributed by atoms with Gasteiger partial charge in [0.05, 0.1) is 0 Å². The van der Waals surface area contributed by atoms with Crippen molar-refractivity contribution in [2.24, 2.45) is 5.73 Å². The quantitative estimate of drug-likeness (QED) is 0.424. The molecule has 0 saturated heterocycles. The van der Waals surface area contributed by atoms with Crippen molar-refractivity contribution in [2.75, 3.05) is 6.54 Å². The number of nitrogens with two attached hydrogens (primary N) is 1. The Balaban J connectivity index is 3.17. The van der Waals surface area contributed by atoms with Gasteiger partial charge in [-0.05, 0) is 18.8 Å². The maximum Gasteiger partial charge on any atom is 0.454 e. The van der Waals surface area contributed by atoms with E-state index < -0.39 is 7.12 Å². The number of hydrogen-bond donors (Lipinski definition) is 3. The van der Waals surface area contributed by atoms with Crippen molar-refractivity contribution < 1.29 is 10.0 Å². The second kappa shape index (κ2) is 3.89. The molecule has 4 heteroatoms. The average Bonchev–Trinajstić information content (AvgIpc) is 1.67. The van der Waals surface area contributed by atoms with Crippen LogP contribution in [0.5, 0.6) is 0 Å². The molecule has 0 fully saturated rings. The Labute approximate surface area is 49.7 Å². The van der Waals surface area contributed by atoms with E-state index in [9.17, 15) is 0 Å². The third kappa shape index (κ3) is 3.01. The smallest absolute Gasteiger partial charge is 0.427 e. The van der Waals surface area contributed by atoms with Crippen molar-refractivity contribution in [3.05, 3.63) is 0 Å². The highest BCUT2D eigenvalue weighted by atomic mass is 16.4. The van der Waals surface area contributed by atoms with E-state index in [-0.39, 0.29) is 5.82 Å². The Kier molecular flexibility index (Phi) is 3.86. The van der Waals surface area contributed by atoms with Gasteiger partial charge in [0.15, 0.2) is 0 Å². The Morgan fingerprint density at radius 1 is 1.62 bits per heavy atom. The molecule has 0 aliphatic heterocycles. The monoisotopic (exact) mass is 117 g/mol. The molecule has 0 spiro atoms. The summed E-state index contributed by atoms with van der Waals surface area (Å²) < 4.78 is 0. The van der Waals surface area contributed by atoms with E-state index in [0.29, 0.717) is 13.0 Å². The Morgan fingerprint density at radius 3 is 2.25 bits per heavy atom. The molecule has 0 aromatic heterocycles. The zero-order valence-corrected chi connectivity index (χ0v) is 5.04. The van der Waals surface area contributed by atoms with Crippen LogP contribution in [0.25, 0.3) is 0 Å². The summed E-state index contributed by atoms with van der Waals surface area (Å²) in [7, 11) is -1.21. The summed E-state index contributed by atoms with van der Waals surface area (Å²) in [6.07, 6.45) is 0.664. The van der Waals surface area contributed by atoms with Crippen LogP contribution >= 0.6 is 0 Å². The van der Waals surface area contributed by atoms with Crippen LogP contribution in [0.1, 0.15) is 13.3 Å². The number of hydrogen-bond acceptors (Lipinski definition) is 3. The maximum absolute atomic E-state index is 8.45. The van der Waals surface area contributed by atoms with Crippen molar-refractivity contribution >= 4 is 7.12 Å². The maximum atomic E-state index is 8.45. The molecule has 1 unspecified atom stereocenters. The van der Waals surface area contributed by atoms with Crippen molar-refractivity contribution in [1.29, 1.82) is 0 Å². The highest BCUT2D eigenvalue weighted by molar-refractivity contribution is 6.42. The van der Waals surface area contributed by atoms with Gasteiger partial charge in [-0.3, -0.25) is 0 Å². The van der Waals surface area contributed by atoms with E-state index in [0.717, 1.165) is 0 Å². The second-order valence-corrected chi connectivity index (χ2v) is 1.97. The third-order valence-electron chi connectivity index (χ3n) is 1.13. The first kappa shape index (κ1) is 7.94. The number of rotatable bonds is 3. The van der Waals surface area contributed by atoms with Gasteiger partial charge in [0.25, 0.3) is 0 Å². The summed E-state index contributed by atoms with van der Waals surface area (Å²) in [6, 6.07) is 0. The van der Waals surface area contributed by atoms with E-state index in [1.807, 2.05) is 0 Å². The van der Waals surface area contributed by atoms with Gasteiger partial charge in [-0.25, -0.2) is 0 Å². The van der Waals surface area contributed by atoms with Gasteiger partial charge in [0.1, 0.15) is 0 Å². The fourth-order valence-corrected chi connectivity index (χ4v) is 0.412. The molecule has 4 N–H and O–H groups in total. The van der Waals surface area contributed by atoms with E-state index in [2.05, 4.69) is 0 Å². The summed E-state index contributed by atoms with van der Waals surface area (Å²) in [4.78, 5) is 0. The molecule has 0 amide bonds. The van der Waals surface area contributed by atoms with Crippen LogP contribution in [0.15, 0.2) is 0 Å². The van der Waals surface area contributed by atoms with Gasteiger partial charge in [-0.1, -0.05) is 6.92 Å². The van der Waals surface area contributed by atoms with E-state index in [1.165, 1.54) is 0 Å². The lowest BCUT2D eigenvalue weighted by atomic mass is 9.72. The Hall–Kier alpha value is -0.0551. The molecule has 3 nitrogen and oxygen atoms in total. The molecule has 0 aliphatic rings. The lowest BCUT2D eigenvalue weighted by Gasteiger charge is -2.05. The van der Waals surface area contributed by atoms with Crippen LogP contribution in [0.4, 0.5) is 0 Å². The summed E-state index contributed by atoms with van der Waals surface area (Å²) >= 11 is 0. The lowest BCUT2D eigenvalue weighted by Crippen LogP contribution is -2.20. The highest BCUT2D eigenvalue weighted by Gasteiger charge is 2.15. The van der Waals surface area contributed by atoms with Crippen molar-refractivity contribution in [3.8, 4) is 0 Å². The molecule has 8 heavy (non-hydrogen) atoms. The predicted octanol–water partition coefficient (Wildman–Crippen LogP) is -0.802. The zero-order chi connectivity index (χ0) is 6.57. The van der Waals surface area contributed by atoms with Crippen molar-refractivity contribution in [1.82, 2.24) is 0 Å². The second-order valence-electron chi connectivity index (χ2n) is 1.97. The van der Waals surface area contributed by atoms with Gasteiger partial charge in [0.2, 0.25) is 0 Å². The SMILES string of the molecule is CC(CCN)B(O)O. The molecule has 0 heterocycles. The minimum Gasteiger partial charge on any atom is -0.427 e. The normalized spacial score (nSPS) is 13.5. The molecule has 0 saturated carbocycles. The minimum atomic E-state index is -1.21. The third-order valence-corrected chi connectivity index (χ3v) is 1.13. The van der Waals surface area contributed by atoms with E-state index >= 15 is 0 Å². The van der Waals surface area contributed by atoms with Gasteiger partial charge in [0, 0.05) is 0 Å². The molecule has 0 radical (unpaired) electrons. The van der Waals surface area contributed by atoms with E-state index in [1.54, 1.807) is 6.92 Å².